The zero-order chi connectivity index (χ0) is 16.3. The van der Waals surface area contributed by atoms with E-state index in [0.717, 1.165) is 0 Å². The van der Waals surface area contributed by atoms with Gasteiger partial charge in [0.15, 0.2) is 0 Å². The Hall–Kier alpha value is -1.36. The Morgan fingerprint density at radius 2 is 0.450 bits per heavy atom. The fourth-order valence-corrected chi connectivity index (χ4v) is 1.10. The van der Waals surface area contributed by atoms with Crippen LogP contribution in [0.3, 0.4) is 0 Å². The number of hydrogen-bond acceptors (Lipinski definition) is 0. The van der Waals surface area contributed by atoms with Crippen molar-refractivity contribution >= 4 is 0 Å². The van der Waals surface area contributed by atoms with Gasteiger partial charge in [0.1, 0.15) is 0 Å². The number of allylic oxidation sites excluding steroid dienone is 4. The van der Waals surface area contributed by atoms with Crippen molar-refractivity contribution in [2.24, 2.45) is 0 Å². The van der Waals surface area contributed by atoms with Gasteiger partial charge < -0.3 is 0 Å². The van der Waals surface area contributed by atoms with Gasteiger partial charge in [-0.25, -0.2) is 17.6 Å². The van der Waals surface area contributed by atoms with E-state index in [1.807, 2.05) is 0 Å². The Labute approximate surface area is 101 Å². The second-order valence-corrected chi connectivity index (χ2v) is 3.55. The van der Waals surface area contributed by atoms with E-state index in [9.17, 15) is 52.7 Å². The normalized spacial score (nSPS) is 35.4. The molecule has 0 fully saturated rings. The molecule has 0 N–H and O–H groups in total. The summed E-state index contributed by atoms with van der Waals surface area (Å²) >= 11 is 0. The topological polar surface area (TPSA) is 0 Å². The lowest BCUT2D eigenvalue weighted by atomic mass is 9.97. The fourth-order valence-electron chi connectivity index (χ4n) is 1.10. The summed E-state index contributed by atoms with van der Waals surface area (Å²) < 4.78 is 151. The van der Waals surface area contributed by atoms with Crippen molar-refractivity contribution in [3.8, 4) is 0 Å². The molecule has 0 amide bonds. The van der Waals surface area contributed by atoms with Crippen LogP contribution in [0.15, 0.2) is 23.3 Å². The predicted molar refractivity (Wildman–Crippen MR) is 38.3 cm³/mol. The van der Waals surface area contributed by atoms with Crippen LogP contribution < -0.4 is 0 Å². The van der Waals surface area contributed by atoms with E-state index < -0.39 is 47.0 Å². The van der Waals surface area contributed by atoms with Crippen molar-refractivity contribution in [2.45, 2.75) is 23.7 Å². The summed E-state index contributed by atoms with van der Waals surface area (Å²) in [6.45, 7) is 0. The Morgan fingerprint density at radius 1 is 0.350 bits per heavy atom. The van der Waals surface area contributed by atoms with Gasteiger partial charge in [-0.15, -0.1) is 0 Å². The molecule has 1 aliphatic carbocycles. The average molecular weight is 324 g/mol. The first-order chi connectivity index (χ1) is 8.63. The van der Waals surface area contributed by atoms with Crippen LogP contribution in [0, 0.1) is 0 Å². The van der Waals surface area contributed by atoms with Gasteiger partial charge >= 0.3 is 23.7 Å². The highest BCUT2D eigenvalue weighted by Gasteiger charge is 2.75. The van der Waals surface area contributed by atoms with Crippen molar-refractivity contribution in [3.05, 3.63) is 23.3 Å². The molecule has 0 atom stereocenters. The van der Waals surface area contributed by atoms with Gasteiger partial charge in [0, 0.05) is 0 Å². The quantitative estimate of drug-likeness (QED) is 0.559. The molecule has 12 heteroatoms. The third kappa shape index (κ3) is 1.72. The first kappa shape index (κ1) is 16.7. The van der Waals surface area contributed by atoms with Crippen LogP contribution in [-0.4, -0.2) is 23.7 Å². The zero-order valence-corrected chi connectivity index (χ0v) is 8.54. The SMILES string of the molecule is F/C1=C(/F)C(F)(F)C(F)(F)/C(F)=C(\F)C(F)(F)C1(F)F. The summed E-state index contributed by atoms with van der Waals surface area (Å²) in [6.07, 6.45) is 0. The molecule has 0 heterocycles. The van der Waals surface area contributed by atoms with E-state index in [2.05, 4.69) is 0 Å². The monoisotopic (exact) mass is 324 g/mol. The second-order valence-electron chi connectivity index (χ2n) is 3.55. The molecule has 1 aliphatic rings. The molecule has 0 aromatic carbocycles. The van der Waals surface area contributed by atoms with E-state index in [-0.39, 0.29) is 0 Å². The molecular weight excluding hydrogens is 324 g/mol. The molecular formula is C8F12. The molecule has 0 spiro atoms. The molecule has 20 heavy (non-hydrogen) atoms. The van der Waals surface area contributed by atoms with Gasteiger partial charge in [-0.2, -0.15) is 35.1 Å². The molecule has 0 aromatic rings. The summed E-state index contributed by atoms with van der Waals surface area (Å²) in [7, 11) is 0. The van der Waals surface area contributed by atoms with Crippen molar-refractivity contribution in [1.29, 1.82) is 0 Å². The molecule has 0 aromatic heterocycles. The molecule has 0 unspecified atom stereocenters. The smallest absolute Gasteiger partial charge is 0.202 e. The zero-order valence-electron chi connectivity index (χ0n) is 8.54. The van der Waals surface area contributed by atoms with Crippen LogP contribution in [-0.2, 0) is 0 Å². The summed E-state index contributed by atoms with van der Waals surface area (Å²) in [5.74, 6) is -43.8. The lowest BCUT2D eigenvalue weighted by Gasteiger charge is -2.31. The van der Waals surface area contributed by atoms with Crippen LogP contribution >= 0.6 is 0 Å². The molecule has 0 bridgehead atoms. The van der Waals surface area contributed by atoms with Crippen molar-refractivity contribution < 1.29 is 52.7 Å². The van der Waals surface area contributed by atoms with Gasteiger partial charge in [0.25, 0.3) is 0 Å². The molecule has 0 saturated heterocycles. The minimum absolute atomic E-state index is 4.32. The summed E-state index contributed by atoms with van der Waals surface area (Å²) in [4.78, 5) is 0. The minimum atomic E-state index is -6.63. The van der Waals surface area contributed by atoms with Crippen LogP contribution in [0.5, 0.6) is 0 Å². The lowest BCUT2D eigenvalue weighted by Crippen LogP contribution is -2.51. The number of halogens is 12. The Morgan fingerprint density at radius 3 is 0.550 bits per heavy atom. The molecule has 0 radical (unpaired) electrons. The largest absolute Gasteiger partial charge is 0.370 e. The average Bonchev–Trinajstić information content (AvgIpc) is 2.33. The third-order valence-corrected chi connectivity index (χ3v) is 2.28. The lowest BCUT2D eigenvalue weighted by molar-refractivity contribution is -0.217. The maximum Gasteiger partial charge on any atom is 0.370 e. The van der Waals surface area contributed by atoms with Gasteiger partial charge in [-0.05, 0) is 0 Å². The molecule has 116 valence electrons. The maximum absolute atomic E-state index is 12.6. The van der Waals surface area contributed by atoms with E-state index >= 15 is 0 Å². The third-order valence-electron chi connectivity index (χ3n) is 2.28. The summed E-state index contributed by atoms with van der Waals surface area (Å²) in [5, 5.41) is 0. The highest BCUT2D eigenvalue weighted by molar-refractivity contribution is 5.35. The van der Waals surface area contributed by atoms with E-state index in [1.165, 1.54) is 0 Å². The van der Waals surface area contributed by atoms with E-state index in [1.54, 1.807) is 0 Å². The number of hydrogen-bond donors (Lipinski definition) is 0. The van der Waals surface area contributed by atoms with Crippen LogP contribution in [0.25, 0.3) is 0 Å². The number of rotatable bonds is 0. The van der Waals surface area contributed by atoms with Crippen molar-refractivity contribution in [1.82, 2.24) is 0 Å². The van der Waals surface area contributed by atoms with Crippen LogP contribution in [0.2, 0.25) is 0 Å². The van der Waals surface area contributed by atoms with Crippen LogP contribution in [0.1, 0.15) is 0 Å². The molecule has 0 saturated carbocycles. The summed E-state index contributed by atoms with van der Waals surface area (Å²) in [5.41, 5.74) is 0. The number of alkyl halides is 8. The fraction of sp³-hybridized carbons (Fsp3) is 0.500. The first-order valence-electron chi connectivity index (χ1n) is 4.27. The minimum Gasteiger partial charge on any atom is -0.202 e. The molecule has 0 nitrogen and oxygen atoms in total. The standard InChI is InChI=1S/C8F12/c9-1-2(10)6(15,16)8(19,20)4(12)3(11)7(17,18)5(1,13)14/b2-1+,4-3+. The predicted octanol–water partition coefficient (Wildman–Crippen LogP) is 4.84. The highest BCUT2D eigenvalue weighted by Crippen LogP contribution is 2.57. The van der Waals surface area contributed by atoms with Gasteiger partial charge in [-0.3, -0.25) is 0 Å². The Balaban J connectivity index is 3.87. The summed E-state index contributed by atoms with van der Waals surface area (Å²) in [6, 6.07) is 0. The van der Waals surface area contributed by atoms with E-state index in [0.29, 0.717) is 0 Å². The first-order valence-corrected chi connectivity index (χ1v) is 4.27. The van der Waals surface area contributed by atoms with Gasteiger partial charge in [0.2, 0.25) is 23.3 Å². The Bertz CT molecular complexity index is 406. The van der Waals surface area contributed by atoms with Crippen LogP contribution in [0.4, 0.5) is 52.7 Å². The van der Waals surface area contributed by atoms with Crippen molar-refractivity contribution in [2.75, 3.05) is 0 Å². The second kappa shape index (κ2) is 4.07. The highest BCUT2D eigenvalue weighted by atomic mass is 19.3. The maximum atomic E-state index is 12.6. The Kier molecular flexibility index (Phi) is 3.40. The molecule has 0 aliphatic heterocycles. The molecule has 1 rings (SSSR count). The van der Waals surface area contributed by atoms with Crippen molar-refractivity contribution in [3.63, 3.8) is 0 Å². The van der Waals surface area contributed by atoms with Gasteiger partial charge in [0.05, 0.1) is 0 Å². The van der Waals surface area contributed by atoms with E-state index in [4.69, 9.17) is 0 Å². The van der Waals surface area contributed by atoms with Gasteiger partial charge in [-0.1, -0.05) is 0 Å².